The average molecular weight is 516 g/mol. The first-order valence-electron chi connectivity index (χ1n) is 10.8. The van der Waals surface area contributed by atoms with Crippen LogP contribution in [0.1, 0.15) is 43.2 Å². The first-order chi connectivity index (χ1) is 13.7. The molecule has 0 bridgehead atoms. The summed E-state index contributed by atoms with van der Waals surface area (Å²) in [5.41, 5.74) is 2.35. The number of halogens is 1. The number of ether oxygens (including phenoxy) is 2. The number of hydrogen-bond donors (Lipinski definition) is 2. The number of likely N-dealkylation sites (tertiary alicyclic amines) is 1. The number of aryl methyl sites for hydroxylation is 1. The largest absolute Gasteiger partial charge is 0.491 e. The van der Waals surface area contributed by atoms with Crippen LogP contribution in [0.4, 0.5) is 0 Å². The van der Waals surface area contributed by atoms with Crippen molar-refractivity contribution < 1.29 is 9.47 Å². The summed E-state index contributed by atoms with van der Waals surface area (Å²) < 4.78 is 11.8. The van der Waals surface area contributed by atoms with E-state index in [1.54, 1.807) is 0 Å². The molecular formula is C22H37IN4O2. The highest BCUT2D eigenvalue weighted by Gasteiger charge is 2.17. The quantitative estimate of drug-likeness (QED) is 0.228. The lowest BCUT2D eigenvalue weighted by Crippen LogP contribution is -2.38. The van der Waals surface area contributed by atoms with E-state index in [9.17, 15) is 0 Å². The maximum absolute atomic E-state index is 6.09. The Kier molecular flexibility index (Phi) is 11.1. The molecular weight excluding hydrogens is 479 g/mol. The minimum Gasteiger partial charge on any atom is -0.491 e. The number of aliphatic imine (C=N–C) groups is 1. The molecule has 29 heavy (non-hydrogen) atoms. The Morgan fingerprint density at radius 1 is 1.24 bits per heavy atom. The molecule has 0 radical (unpaired) electrons. The molecule has 6 nitrogen and oxygen atoms in total. The fourth-order valence-electron chi connectivity index (χ4n) is 3.82. The van der Waals surface area contributed by atoms with Crippen LogP contribution in [0.5, 0.6) is 5.75 Å². The average Bonchev–Trinajstić information content (AvgIpc) is 3.41. The highest BCUT2D eigenvalue weighted by Crippen LogP contribution is 2.22. The Labute approximate surface area is 192 Å². The molecule has 2 aliphatic heterocycles. The summed E-state index contributed by atoms with van der Waals surface area (Å²) in [6, 6.07) is 6.37. The van der Waals surface area contributed by atoms with Crippen LogP contribution in [0.3, 0.4) is 0 Å². The van der Waals surface area contributed by atoms with E-state index in [2.05, 4.69) is 45.6 Å². The van der Waals surface area contributed by atoms with Crippen molar-refractivity contribution >= 4 is 29.9 Å². The lowest BCUT2D eigenvalue weighted by molar-refractivity contribution is 0.0676. The number of nitrogens with zero attached hydrogens (tertiary/aromatic N) is 2. The van der Waals surface area contributed by atoms with Crippen molar-refractivity contribution in [2.45, 2.75) is 51.7 Å². The number of nitrogens with one attached hydrogen (secondary N) is 2. The molecule has 2 heterocycles. The molecule has 7 heteroatoms. The molecule has 1 aromatic carbocycles. The third-order valence-electron chi connectivity index (χ3n) is 5.48. The van der Waals surface area contributed by atoms with E-state index < -0.39 is 0 Å². The molecule has 0 aliphatic carbocycles. The summed E-state index contributed by atoms with van der Waals surface area (Å²) >= 11 is 0. The molecule has 164 valence electrons. The van der Waals surface area contributed by atoms with Crippen LogP contribution in [0.2, 0.25) is 0 Å². The number of rotatable bonds is 9. The van der Waals surface area contributed by atoms with Gasteiger partial charge in [0.25, 0.3) is 0 Å². The maximum Gasteiger partial charge on any atom is 0.191 e. The van der Waals surface area contributed by atoms with Gasteiger partial charge in [-0.1, -0.05) is 12.1 Å². The topological polar surface area (TPSA) is 58.1 Å². The predicted octanol–water partition coefficient (Wildman–Crippen LogP) is 3.32. The Morgan fingerprint density at radius 3 is 2.79 bits per heavy atom. The van der Waals surface area contributed by atoms with E-state index in [1.807, 2.05) is 7.05 Å². The number of hydrogen-bond acceptors (Lipinski definition) is 4. The summed E-state index contributed by atoms with van der Waals surface area (Å²) in [5, 5.41) is 6.84. The normalized spacial score (nSPS) is 19.8. The first-order valence-corrected chi connectivity index (χ1v) is 10.8. The van der Waals surface area contributed by atoms with Crippen molar-refractivity contribution in [2.24, 2.45) is 4.99 Å². The van der Waals surface area contributed by atoms with Gasteiger partial charge < -0.3 is 25.0 Å². The van der Waals surface area contributed by atoms with Crippen molar-refractivity contribution in [3.05, 3.63) is 29.3 Å². The maximum atomic E-state index is 6.09. The number of guanidine groups is 1. The van der Waals surface area contributed by atoms with Gasteiger partial charge in [-0.25, -0.2) is 0 Å². The second kappa shape index (κ2) is 13.3. The zero-order valence-corrected chi connectivity index (χ0v) is 20.2. The standard InChI is InChI=1S/C22H36N4O2.HI/c1-18-8-9-19(21(15-18)28-17-20-7-5-14-27-20)16-25-22(23-2)24-10-6-13-26-11-3-4-12-26;/h8-9,15,20H,3-7,10-14,16-17H2,1-2H3,(H2,23,24,25);1H. The molecule has 0 spiro atoms. The Hall–Kier alpha value is -1.06. The van der Waals surface area contributed by atoms with Crippen LogP contribution in [0, 0.1) is 6.92 Å². The molecule has 2 N–H and O–H groups in total. The third-order valence-corrected chi connectivity index (χ3v) is 5.48. The van der Waals surface area contributed by atoms with Gasteiger partial charge in [-0.05, 0) is 70.3 Å². The van der Waals surface area contributed by atoms with Crippen molar-refractivity contribution in [1.82, 2.24) is 15.5 Å². The van der Waals surface area contributed by atoms with Gasteiger partial charge in [0, 0.05) is 32.3 Å². The van der Waals surface area contributed by atoms with Crippen molar-refractivity contribution in [3.8, 4) is 5.75 Å². The van der Waals surface area contributed by atoms with Crippen LogP contribution in [0.25, 0.3) is 0 Å². The van der Waals surface area contributed by atoms with E-state index in [0.717, 1.165) is 49.7 Å². The SMILES string of the molecule is CN=C(NCCCN1CCCC1)NCc1ccc(C)cc1OCC1CCCO1.I. The van der Waals surface area contributed by atoms with E-state index >= 15 is 0 Å². The molecule has 0 saturated carbocycles. The van der Waals surface area contributed by atoms with Crippen LogP contribution in [-0.4, -0.2) is 63.4 Å². The smallest absolute Gasteiger partial charge is 0.191 e. The molecule has 0 aromatic heterocycles. The van der Waals surface area contributed by atoms with Crippen molar-refractivity contribution in [3.63, 3.8) is 0 Å². The monoisotopic (exact) mass is 516 g/mol. The Balaban J connectivity index is 0.00000300. The van der Waals surface area contributed by atoms with Crippen LogP contribution in [0.15, 0.2) is 23.2 Å². The summed E-state index contributed by atoms with van der Waals surface area (Å²) in [6.07, 6.45) is 6.30. The molecule has 0 amide bonds. The van der Waals surface area contributed by atoms with Crippen LogP contribution < -0.4 is 15.4 Å². The highest BCUT2D eigenvalue weighted by molar-refractivity contribution is 14.0. The third kappa shape index (κ3) is 8.30. The highest BCUT2D eigenvalue weighted by atomic mass is 127. The zero-order valence-electron chi connectivity index (χ0n) is 17.9. The van der Waals surface area contributed by atoms with Crippen LogP contribution >= 0.6 is 24.0 Å². The van der Waals surface area contributed by atoms with Gasteiger partial charge in [0.1, 0.15) is 12.4 Å². The van der Waals surface area contributed by atoms with Crippen LogP contribution in [-0.2, 0) is 11.3 Å². The molecule has 1 aromatic rings. The fourth-order valence-corrected chi connectivity index (χ4v) is 3.82. The van der Waals surface area contributed by atoms with E-state index in [1.165, 1.54) is 38.0 Å². The molecule has 1 atom stereocenters. The minimum atomic E-state index is 0. The van der Waals surface area contributed by atoms with Gasteiger partial charge in [-0.2, -0.15) is 0 Å². The van der Waals surface area contributed by atoms with Crippen molar-refractivity contribution in [2.75, 3.05) is 46.4 Å². The second-order valence-electron chi connectivity index (χ2n) is 7.81. The summed E-state index contributed by atoms with van der Waals surface area (Å²) in [7, 11) is 1.82. The molecule has 3 rings (SSSR count). The first kappa shape index (κ1) is 24.2. The zero-order chi connectivity index (χ0) is 19.6. The molecule has 1 unspecified atom stereocenters. The summed E-state index contributed by atoms with van der Waals surface area (Å²) in [5.74, 6) is 1.78. The van der Waals surface area contributed by atoms with Gasteiger partial charge in [-0.15, -0.1) is 24.0 Å². The fraction of sp³-hybridized carbons (Fsp3) is 0.682. The van der Waals surface area contributed by atoms with E-state index in [0.29, 0.717) is 13.2 Å². The summed E-state index contributed by atoms with van der Waals surface area (Å²) in [4.78, 5) is 6.89. The van der Waals surface area contributed by atoms with Gasteiger partial charge in [0.05, 0.1) is 6.10 Å². The van der Waals surface area contributed by atoms with Gasteiger partial charge in [0.2, 0.25) is 0 Å². The van der Waals surface area contributed by atoms with E-state index in [4.69, 9.17) is 9.47 Å². The molecule has 2 fully saturated rings. The lowest BCUT2D eigenvalue weighted by atomic mass is 10.1. The number of benzene rings is 1. The summed E-state index contributed by atoms with van der Waals surface area (Å²) in [6.45, 7) is 8.89. The minimum absolute atomic E-state index is 0. The van der Waals surface area contributed by atoms with Gasteiger partial charge >= 0.3 is 0 Å². The predicted molar refractivity (Wildman–Crippen MR) is 130 cm³/mol. The molecule has 2 aliphatic rings. The molecule has 2 saturated heterocycles. The Morgan fingerprint density at radius 2 is 2.07 bits per heavy atom. The van der Waals surface area contributed by atoms with Crippen molar-refractivity contribution in [1.29, 1.82) is 0 Å². The Bertz CT molecular complexity index is 629. The second-order valence-corrected chi connectivity index (χ2v) is 7.81. The van der Waals surface area contributed by atoms with E-state index in [-0.39, 0.29) is 30.1 Å². The lowest BCUT2D eigenvalue weighted by Gasteiger charge is -2.18. The van der Waals surface area contributed by atoms with Gasteiger partial charge in [-0.3, -0.25) is 4.99 Å². The van der Waals surface area contributed by atoms with Gasteiger partial charge in [0.15, 0.2) is 5.96 Å².